The van der Waals surface area contributed by atoms with Crippen LogP contribution in [0.3, 0.4) is 0 Å². The van der Waals surface area contributed by atoms with Gasteiger partial charge in [0.2, 0.25) is 11.8 Å². The molecule has 10 heteroatoms. The van der Waals surface area contributed by atoms with E-state index in [4.69, 9.17) is 11.6 Å². The van der Waals surface area contributed by atoms with Gasteiger partial charge in [-0.1, -0.05) is 0 Å². The fourth-order valence-corrected chi connectivity index (χ4v) is 4.77. The lowest BCUT2D eigenvalue weighted by Crippen LogP contribution is -2.50. The second-order valence-corrected chi connectivity index (χ2v) is 9.85. The maximum Gasteiger partial charge on any atom is 0.242 e. The Labute approximate surface area is 207 Å². The molecule has 1 atom stereocenters. The Balaban J connectivity index is 1.28. The van der Waals surface area contributed by atoms with Gasteiger partial charge in [-0.3, -0.25) is 9.59 Å². The number of likely N-dealkylation sites (tertiary alicyclic amines) is 1. The third-order valence-electron chi connectivity index (χ3n) is 6.60. The fraction of sp³-hybridized carbons (Fsp3) is 0.400. The fourth-order valence-electron chi connectivity index (χ4n) is 4.66. The number of amides is 2. The number of halogens is 1. The highest BCUT2D eigenvalue weighted by Gasteiger charge is 2.40. The van der Waals surface area contributed by atoms with Crippen molar-refractivity contribution in [1.82, 2.24) is 35.0 Å². The van der Waals surface area contributed by atoms with E-state index >= 15 is 0 Å². The summed E-state index contributed by atoms with van der Waals surface area (Å²) in [6, 6.07) is 7.47. The van der Waals surface area contributed by atoms with Gasteiger partial charge in [0.1, 0.15) is 11.7 Å². The van der Waals surface area contributed by atoms with Crippen LogP contribution in [0, 0.1) is 5.41 Å². The smallest absolute Gasteiger partial charge is 0.242 e. The summed E-state index contributed by atoms with van der Waals surface area (Å²) in [6.07, 6.45) is 7.39. The highest BCUT2D eigenvalue weighted by Crippen LogP contribution is 2.31. The van der Waals surface area contributed by atoms with E-state index in [0.29, 0.717) is 25.9 Å². The second kappa shape index (κ2) is 9.30. The number of hydrogen-bond donors (Lipinski definition) is 2. The SMILES string of the molecule is CC(C)(CCl)C(=O)N1CCC[C@H]1C(=O)NCCc1cc2c(-c3cnn4ncccc34)ccnc2[nH]1. The van der Waals surface area contributed by atoms with Crippen molar-refractivity contribution in [3.63, 3.8) is 0 Å². The Morgan fingerprint density at radius 3 is 2.91 bits per heavy atom. The van der Waals surface area contributed by atoms with Gasteiger partial charge in [-0.05, 0) is 56.5 Å². The Morgan fingerprint density at radius 1 is 1.23 bits per heavy atom. The van der Waals surface area contributed by atoms with E-state index in [2.05, 4.69) is 31.5 Å². The maximum absolute atomic E-state index is 12.9. The van der Waals surface area contributed by atoms with Crippen molar-refractivity contribution in [1.29, 1.82) is 0 Å². The number of aromatic nitrogens is 5. The minimum atomic E-state index is -0.684. The molecule has 0 bridgehead atoms. The van der Waals surface area contributed by atoms with Gasteiger partial charge in [-0.2, -0.15) is 14.8 Å². The number of alkyl halides is 1. The lowest BCUT2D eigenvalue weighted by Gasteiger charge is -2.31. The van der Waals surface area contributed by atoms with Gasteiger partial charge in [-0.15, -0.1) is 11.6 Å². The average Bonchev–Trinajstić information content (AvgIpc) is 3.61. The van der Waals surface area contributed by atoms with Crippen molar-refractivity contribution in [2.75, 3.05) is 19.0 Å². The number of carbonyl (C=O) groups is 2. The van der Waals surface area contributed by atoms with Crippen molar-refractivity contribution >= 4 is 40.0 Å². The number of fused-ring (bicyclic) bond motifs is 2. The summed E-state index contributed by atoms with van der Waals surface area (Å²) in [5.41, 5.74) is 3.99. The zero-order valence-corrected chi connectivity index (χ0v) is 20.5. The van der Waals surface area contributed by atoms with Crippen LogP contribution < -0.4 is 5.32 Å². The molecule has 1 saturated heterocycles. The van der Waals surface area contributed by atoms with E-state index in [1.54, 1.807) is 21.9 Å². The lowest BCUT2D eigenvalue weighted by molar-refractivity contribution is -0.144. The molecule has 35 heavy (non-hydrogen) atoms. The molecule has 1 fully saturated rings. The molecule has 9 nitrogen and oxygen atoms in total. The van der Waals surface area contributed by atoms with Crippen LogP contribution in [0.2, 0.25) is 0 Å². The zero-order valence-electron chi connectivity index (χ0n) is 19.8. The number of nitrogens with one attached hydrogen (secondary N) is 2. The molecule has 1 aliphatic heterocycles. The van der Waals surface area contributed by atoms with Crippen LogP contribution in [0.4, 0.5) is 0 Å². The molecule has 0 aromatic carbocycles. The second-order valence-electron chi connectivity index (χ2n) is 9.59. The first-order valence-electron chi connectivity index (χ1n) is 11.8. The standard InChI is InChI=1S/C25H28ClN7O2/c1-25(2,15-26)24(35)32-12-4-6-21(32)23(34)28-10-7-16-13-18-17(8-11-27-22(18)31-16)19-14-30-33-20(19)5-3-9-29-33/h3,5,8-9,11,13-14,21H,4,6-7,10,12,15H2,1-2H3,(H,27,31)(H,28,34)/t21-/m0/s1. The number of rotatable bonds is 7. The summed E-state index contributed by atoms with van der Waals surface area (Å²) in [5, 5.41) is 12.6. The van der Waals surface area contributed by atoms with Gasteiger partial charge < -0.3 is 15.2 Å². The van der Waals surface area contributed by atoms with Crippen LogP contribution in [0.25, 0.3) is 27.7 Å². The topological polar surface area (TPSA) is 108 Å². The largest absolute Gasteiger partial charge is 0.354 e. The van der Waals surface area contributed by atoms with E-state index in [9.17, 15) is 9.59 Å². The summed E-state index contributed by atoms with van der Waals surface area (Å²) in [4.78, 5) is 35.3. The molecule has 4 aromatic rings. The summed E-state index contributed by atoms with van der Waals surface area (Å²) in [6.45, 7) is 4.68. The molecule has 2 N–H and O–H groups in total. The third kappa shape index (κ3) is 4.36. The molecule has 2 amide bonds. The van der Waals surface area contributed by atoms with Gasteiger partial charge in [0.05, 0.1) is 17.1 Å². The lowest BCUT2D eigenvalue weighted by atomic mass is 9.94. The minimum Gasteiger partial charge on any atom is -0.354 e. The first-order valence-corrected chi connectivity index (χ1v) is 12.3. The normalized spacial score (nSPS) is 16.3. The molecule has 0 aliphatic carbocycles. The first kappa shape index (κ1) is 23.3. The molecule has 0 radical (unpaired) electrons. The van der Waals surface area contributed by atoms with E-state index in [1.165, 1.54) is 0 Å². The summed E-state index contributed by atoms with van der Waals surface area (Å²) < 4.78 is 1.61. The number of aromatic amines is 1. The number of nitrogens with zero attached hydrogens (tertiary/aromatic N) is 5. The number of pyridine rings is 1. The third-order valence-corrected chi connectivity index (χ3v) is 7.27. The molecule has 182 valence electrons. The molecule has 0 unspecified atom stereocenters. The van der Waals surface area contributed by atoms with E-state index in [-0.39, 0.29) is 17.7 Å². The van der Waals surface area contributed by atoms with Crippen LogP contribution in [-0.2, 0) is 16.0 Å². The Hall–Kier alpha value is -3.46. The first-order chi connectivity index (χ1) is 16.9. The Morgan fingerprint density at radius 2 is 2.09 bits per heavy atom. The van der Waals surface area contributed by atoms with Crippen LogP contribution in [-0.4, -0.2) is 66.5 Å². The van der Waals surface area contributed by atoms with Crippen molar-refractivity contribution < 1.29 is 9.59 Å². The molecule has 5 heterocycles. The average molecular weight is 494 g/mol. The molecule has 4 aromatic heterocycles. The van der Waals surface area contributed by atoms with Gasteiger partial charge in [0, 0.05) is 54.4 Å². The predicted octanol–water partition coefficient (Wildman–Crippen LogP) is 3.19. The van der Waals surface area contributed by atoms with Gasteiger partial charge in [0.15, 0.2) is 0 Å². The van der Waals surface area contributed by atoms with Crippen molar-refractivity contribution in [2.24, 2.45) is 5.41 Å². The number of hydrogen-bond acceptors (Lipinski definition) is 5. The quantitative estimate of drug-likeness (QED) is 0.384. The van der Waals surface area contributed by atoms with E-state index in [1.807, 2.05) is 38.2 Å². The van der Waals surface area contributed by atoms with E-state index in [0.717, 1.165) is 39.8 Å². The van der Waals surface area contributed by atoms with Crippen LogP contribution in [0.1, 0.15) is 32.4 Å². The summed E-state index contributed by atoms with van der Waals surface area (Å²) in [7, 11) is 0. The highest BCUT2D eigenvalue weighted by molar-refractivity contribution is 6.20. The van der Waals surface area contributed by atoms with Crippen molar-refractivity contribution in [3.8, 4) is 11.1 Å². The molecule has 0 saturated carbocycles. The van der Waals surface area contributed by atoms with Crippen LogP contribution in [0.5, 0.6) is 0 Å². The number of carbonyl (C=O) groups excluding carboxylic acids is 2. The Kier molecular flexibility index (Phi) is 6.19. The van der Waals surface area contributed by atoms with Gasteiger partial charge >= 0.3 is 0 Å². The van der Waals surface area contributed by atoms with Crippen LogP contribution >= 0.6 is 11.6 Å². The minimum absolute atomic E-state index is 0.0674. The monoisotopic (exact) mass is 493 g/mol. The van der Waals surface area contributed by atoms with Gasteiger partial charge in [0.25, 0.3) is 0 Å². The maximum atomic E-state index is 12.9. The van der Waals surface area contributed by atoms with Crippen molar-refractivity contribution in [3.05, 3.63) is 48.5 Å². The highest BCUT2D eigenvalue weighted by atomic mass is 35.5. The number of H-pyrrole nitrogens is 1. The van der Waals surface area contributed by atoms with Gasteiger partial charge in [-0.25, -0.2) is 4.98 Å². The molecule has 5 rings (SSSR count). The molecular weight excluding hydrogens is 466 g/mol. The van der Waals surface area contributed by atoms with E-state index < -0.39 is 11.5 Å². The molecule has 1 aliphatic rings. The van der Waals surface area contributed by atoms with Crippen molar-refractivity contribution in [2.45, 2.75) is 39.2 Å². The zero-order chi connectivity index (χ0) is 24.6. The summed E-state index contributed by atoms with van der Waals surface area (Å²) >= 11 is 5.99. The van der Waals surface area contributed by atoms with Crippen LogP contribution in [0.15, 0.2) is 42.9 Å². The summed E-state index contributed by atoms with van der Waals surface area (Å²) in [5.74, 6) is 0.0380. The Bertz CT molecular complexity index is 1390. The predicted molar refractivity (Wildman–Crippen MR) is 134 cm³/mol. The molecule has 0 spiro atoms. The molecular formula is C25H28ClN7O2.